The number of rotatable bonds is 6. The van der Waals surface area contributed by atoms with Crippen LogP contribution in [0.15, 0.2) is 41.3 Å². The molecule has 128 valence electrons. The number of amides is 1. The van der Waals surface area contributed by atoms with E-state index in [0.717, 1.165) is 49.7 Å². The van der Waals surface area contributed by atoms with Crippen LogP contribution in [-0.2, 0) is 16.0 Å². The van der Waals surface area contributed by atoms with Gasteiger partial charge in [0.05, 0.1) is 19.5 Å². The van der Waals surface area contributed by atoms with Crippen LogP contribution in [0.3, 0.4) is 0 Å². The van der Waals surface area contributed by atoms with E-state index in [1.54, 1.807) is 18.7 Å². The van der Waals surface area contributed by atoms with Crippen molar-refractivity contribution in [3.05, 3.63) is 42.4 Å². The van der Waals surface area contributed by atoms with Gasteiger partial charge < -0.3 is 19.2 Å². The highest BCUT2D eigenvalue weighted by atomic mass is 16.5. The van der Waals surface area contributed by atoms with Crippen molar-refractivity contribution < 1.29 is 18.7 Å². The summed E-state index contributed by atoms with van der Waals surface area (Å²) >= 11 is 0. The maximum absolute atomic E-state index is 11.8. The van der Waals surface area contributed by atoms with E-state index in [9.17, 15) is 4.79 Å². The summed E-state index contributed by atoms with van der Waals surface area (Å²) in [6, 6.07) is 5.63. The molecule has 1 saturated heterocycles. The van der Waals surface area contributed by atoms with Gasteiger partial charge in [-0.1, -0.05) is 0 Å². The van der Waals surface area contributed by atoms with Crippen molar-refractivity contribution >= 4 is 6.09 Å². The van der Waals surface area contributed by atoms with E-state index < -0.39 is 6.09 Å². The monoisotopic (exact) mass is 331 g/mol. The zero-order valence-corrected chi connectivity index (χ0v) is 13.4. The molecule has 1 amide bonds. The largest absolute Gasteiger partial charge is 0.464 e. The number of hydrogen-bond donors (Lipinski definition) is 1. The number of morpholine rings is 1. The number of aromatic nitrogens is 1. The van der Waals surface area contributed by atoms with Crippen LogP contribution in [-0.4, -0.2) is 55.4 Å². The maximum Gasteiger partial charge on any atom is 0.407 e. The van der Waals surface area contributed by atoms with Crippen molar-refractivity contribution in [2.45, 2.75) is 6.54 Å². The van der Waals surface area contributed by atoms with Gasteiger partial charge >= 0.3 is 6.09 Å². The summed E-state index contributed by atoms with van der Waals surface area (Å²) < 4.78 is 15.8. The topological polar surface area (TPSA) is 76.8 Å². The molecule has 2 aromatic heterocycles. The quantitative estimate of drug-likeness (QED) is 0.871. The predicted octanol–water partition coefficient (Wildman–Crippen LogP) is 1.90. The van der Waals surface area contributed by atoms with Gasteiger partial charge in [0.15, 0.2) is 0 Å². The molecule has 0 spiro atoms. The molecule has 2 aromatic rings. The molecule has 0 bridgehead atoms. The molecular weight excluding hydrogens is 310 g/mol. The van der Waals surface area contributed by atoms with Gasteiger partial charge in [-0.3, -0.25) is 9.88 Å². The van der Waals surface area contributed by atoms with Crippen LogP contribution in [0.4, 0.5) is 4.79 Å². The number of nitrogens with zero attached hydrogens (tertiary/aromatic N) is 2. The third-order valence-corrected chi connectivity index (χ3v) is 3.78. The molecule has 3 rings (SSSR count). The van der Waals surface area contributed by atoms with Crippen LogP contribution >= 0.6 is 0 Å². The van der Waals surface area contributed by atoms with Gasteiger partial charge in [-0.05, 0) is 23.8 Å². The highest BCUT2D eigenvalue weighted by Gasteiger charge is 2.11. The minimum Gasteiger partial charge on any atom is -0.464 e. The lowest BCUT2D eigenvalue weighted by Gasteiger charge is -2.26. The molecule has 3 heterocycles. The Bertz CT molecular complexity index is 639. The van der Waals surface area contributed by atoms with Crippen molar-refractivity contribution in [1.82, 2.24) is 15.2 Å². The molecule has 0 aliphatic carbocycles. The van der Waals surface area contributed by atoms with Crippen molar-refractivity contribution in [1.29, 1.82) is 0 Å². The molecular formula is C17H21N3O4. The molecule has 0 aromatic carbocycles. The minimum atomic E-state index is -0.424. The van der Waals surface area contributed by atoms with E-state index in [1.807, 2.05) is 18.2 Å². The number of carbonyl (C=O) groups is 1. The van der Waals surface area contributed by atoms with E-state index in [-0.39, 0.29) is 0 Å². The molecule has 0 atom stereocenters. The Kier molecular flexibility index (Phi) is 5.81. The molecule has 1 aliphatic rings. The maximum atomic E-state index is 11.8. The van der Waals surface area contributed by atoms with Crippen LogP contribution in [0.5, 0.6) is 0 Å². The van der Waals surface area contributed by atoms with Crippen LogP contribution in [0.1, 0.15) is 5.56 Å². The normalized spacial score (nSPS) is 15.2. The first-order valence-corrected chi connectivity index (χ1v) is 8.00. The second kappa shape index (κ2) is 8.47. The van der Waals surface area contributed by atoms with Crippen LogP contribution in [0.2, 0.25) is 0 Å². The van der Waals surface area contributed by atoms with E-state index in [4.69, 9.17) is 13.9 Å². The summed E-state index contributed by atoms with van der Waals surface area (Å²) in [5.41, 5.74) is 1.76. The first kappa shape index (κ1) is 16.5. The van der Waals surface area contributed by atoms with Gasteiger partial charge in [0.25, 0.3) is 0 Å². The Labute approximate surface area is 140 Å². The molecule has 0 saturated carbocycles. The Morgan fingerprint density at radius 2 is 2.21 bits per heavy atom. The average molecular weight is 331 g/mol. The average Bonchev–Trinajstić information content (AvgIpc) is 3.16. The van der Waals surface area contributed by atoms with E-state index in [1.165, 1.54) is 0 Å². The number of ether oxygens (including phenoxy) is 2. The fraction of sp³-hybridized carbons (Fsp3) is 0.412. The third kappa shape index (κ3) is 4.81. The fourth-order valence-corrected chi connectivity index (χ4v) is 2.48. The number of pyridine rings is 1. The Balaban J connectivity index is 1.40. The summed E-state index contributed by atoms with van der Waals surface area (Å²) in [5.74, 6) is 0.748. The Morgan fingerprint density at radius 1 is 1.33 bits per heavy atom. The van der Waals surface area contributed by atoms with Crippen molar-refractivity contribution in [2.24, 2.45) is 0 Å². The minimum absolute atomic E-state index is 0.359. The molecule has 0 unspecified atom stereocenters. The van der Waals surface area contributed by atoms with Gasteiger partial charge in [0.2, 0.25) is 0 Å². The van der Waals surface area contributed by atoms with Crippen molar-refractivity contribution in [3.8, 4) is 11.3 Å². The van der Waals surface area contributed by atoms with Crippen molar-refractivity contribution in [3.63, 3.8) is 0 Å². The first-order chi connectivity index (χ1) is 11.8. The molecule has 1 N–H and O–H groups in total. The van der Waals surface area contributed by atoms with Crippen LogP contribution in [0.25, 0.3) is 11.3 Å². The second-order valence-electron chi connectivity index (χ2n) is 5.50. The number of furan rings is 1. The number of alkyl carbamates (subject to hydrolysis) is 1. The van der Waals surface area contributed by atoms with Gasteiger partial charge in [-0.25, -0.2) is 4.79 Å². The molecule has 1 fully saturated rings. The van der Waals surface area contributed by atoms with Crippen molar-refractivity contribution in [2.75, 3.05) is 39.5 Å². The van der Waals surface area contributed by atoms with Gasteiger partial charge in [-0.2, -0.15) is 0 Å². The van der Waals surface area contributed by atoms with E-state index in [2.05, 4.69) is 15.2 Å². The first-order valence-electron chi connectivity index (χ1n) is 8.00. The Morgan fingerprint density at radius 3 is 3.00 bits per heavy atom. The third-order valence-electron chi connectivity index (χ3n) is 3.78. The van der Waals surface area contributed by atoms with Crippen LogP contribution in [0, 0.1) is 0 Å². The lowest BCUT2D eigenvalue weighted by Crippen LogP contribution is -2.39. The highest BCUT2D eigenvalue weighted by Crippen LogP contribution is 2.19. The zero-order valence-electron chi connectivity index (χ0n) is 13.4. The summed E-state index contributed by atoms with van der Waals surface area (Å²) in [7, 11) is 0. The molecule has 24 heavy (non-hydrogen) atoms. The van der Waals surface area contributed by atoms with Gasteiger partial charge in [0.1, 0.15) is 12.4 Å². The molecule has 0 radical (unpaired) electrons. The van der Waals surface area contributed by atoms with E-state index in [0.29, 0.717) is 13.2 Å². The molecule has 7 nitrogen and oxygen atoms in total. The zero-order chi connectivity index (χ0) is 16.6. The van der Waals surface area contributed by atoms with Gasteiger partial charge in [-0.15, -0.1) is 0 Å². The second-order valence-corrected chi connectivity index (χ2v) is 5.50. The number of nitrogens with one attached hydrogen (secondary N) is 1. The SMILES string of the molecule is O=C(NCc1cncc(-c2ccco2)c1)OCCN1CCOCC1. The Hall–Kier alpha value is -2.38. The summed E-state index contributed by atoms with van der Waals surface area (Å²) in [4.78, 5) is 18.1. The summed E-state index contributed by atoms with van der Waals surface area (Å²) in [6.07, 6.45) is 4.63. The lowest BCUT2D eigenvalue weighted by molar-refractivity contribution is 0.0281. The van der Waals surface area contributed by atoms with Crippen LogP contribution < -0.4 is 5.32 Å². The number of carbonyl (C=O) groups excluding carboxylic acids is 1. The molecule has 1 aliphatic heterocycles. The smallest absolute Gasteiger partial charge is 0.407 e. The lowest BCUT2D eigenvalue weighted by atomic mass is 10.1. The predicted molar refractivity (Wildman–Crippen MR) is 87.4 cm³/mol. The summed E-state index contributed by atoms with van der Waals surface area (Å²) in [5, 5.41) is 2.73. The summed E-state index contributed by atoms with van der Waals surface area (Å²) in [6.45, 7) is 4.71. The molecule has 7 heteroatoms. The van der Waals surface area contributed by atoms with Gasteiger partial charge in [0, 0.05) is 44.1 Å². The number of hydrogen-bond acceptors (Lipinski definition) is 6. The fourth-order valence-electron chi connectivity index (χ4n) is 2.48. The highest BCUT2D eigenvalue weighted by molar-refractivity contribution is 5.67. The van der Waals surface area contributed by atoms with E-state index >= 15 is 0 Å². The standard InChI is InChI=1S/C17H21N3O4/c21-17(24-9-5-20-3-7-22-8-4-20)19-12-14-10-15(13-18-11-14)16-2-1-6-23-16/h1-2,6,10-11,13H,3-5,7-9,12H2,(H,19,21).